The summed E-state index contributed by atoms with van der Waals surface area (Å²) in [6, 6.07) is 14.8. The number of nitrogens with zero attached hydrogens (tertiary/aromatic N) is 1. The zero-order chi connectivity index (χ0) is 20.8. The van der Waals surface area contributed by atoms with E-state index in [2.05, 4.69) is 15.6 Å². The van der Waals surface area contributed by atoms with Gasteiger partial charge in [0.05, 0.1) is 18.2 Å². The van der Waals surface area contributed by atoms with Gasteiger partial charge in [-0.15, -0.1) is 0 Å². The summed E-state index contributed by atoms with van der Waals surface area (Å²) in [5.74, 6) is 0.147. The summed E-state index contributed by atoms with van der Waals surface area (Å²) in [6.07, 6.45) is 2.88. The minimum absolute atomic E-state index is 0.297. The Bertz CT molecular complexity index is 1010. The fraction of sp³-hybridized carbons (Fsp3) is 0.174. The highest BCUT2D eigenvalue weighted by molar-refractivity contribution is 6.05. The zero-order valence-corrected chi connectivity index (χ0v) is 16.7. The molecule has 1 heterocycles. The van der Waals surface area contributed by atoms with Crippen LogP contribution in [0, 0.1) is 13.8 Å². The van der Waals surface area contributed by atoms with Crippen molar-refractivity contribution in [1.82, 2.24) is 10.3 Å². The van der Waals surface area contributed by atoms with Crippen LogP contribution >= 0.6 is 0 Å². The monoisotopic (exact) mass is 389 g/mol. The van der Waals surface area contributed by atoms with Crippen molar-refractivity contribution in [3.8, 4) is 5.75 Å². The van der Waals surface area contributed by atoms with Gasteiger partial charge in [-0.2, -0.15) is 0 Å². The molecule has 0 fully saturated rings. The van der Waals surface area contributed by atoms with E-state index in [1.165, 1.54) is 18.5 Å². The van der Waals surface area contributed by atoms with E-state index in [1.54, 1.807) is 7.11 Å². The summed E-state index contributed by atoms with van der Waals surface area (Å²) < 4.78 is 5.12. The first kappa shape index (κ1) is 20.1. The third-order valence-corrected chi connectivity index (χ3v) is 4.35. The first-order valence-corrected chi connectivity index (χ1v) is 9.20. The number of methoxy groups -OCH3 is 1. The van der Waals surface area contributed by atoms with Crippen LogP contribution in [0.1, 0.15) is 37.4 Å². The molecule has 6 nitrogen and oxygen atoms in total. The van der Waals surface area contributed by atoms with Crippen LogP contribution in [0.4, 0.5) is 5.69 Å². The standard InChI is InChI=1S/C23H23N3O3/c1-15-8-16(2)10-20(9-15)26-23(28)19-11-18(13-24-14-19)22(27)25-12-17-4-6-21(29-3)7-5-17/h4-11,13-14H,12H2,1-3H3,(H,25,27)(H,26,28). The molecule has 29 heavy (non-hydrogen) atoms. The van der Waals surface area contributed by atoms with Crippen molar-refractivity contribution in [2.75, 3.05) is 12.4 Å². The molecule has 148 valence electrons. The lowest BCUT2D eigenvalue weighted by molar-refractivity contribution is 0.0950. The van der Waals surface area contributed by atoms with Crippen LogP contribution in [0.2, 0.25) is 0 Å². The molecule has 3 aromatic rings. The molecule has 0 atom stereocenters. The second kappa shape index (κ2) is 9.01. The molecular formula is C23H23N3O3. The van der Waals surface area contributed by atoms with Gasteiger partial charge in [0, 0.05) is 24.6 Å². The van der Waals surface area contributed by atoms with E-state index < -0.39 is 0 Å². The summed E-state index contributed by atoms with van der Waals surface area (Å²) in [5.41, 5.74) is 4.42. The van der Waals surface area contributed by atoms with E-state index in [0.29, 0.717) is 23.4 Å². The lowest BCUT2D eigenvalue weighted by Crippen LogP contribution is -2.23. The number of hydrogen-bond donors (Lipinski definition) is 2. The van der Waals surface area contributed by atoms with E-state index >= 15 is 0 Å². The minimum Gasteiger partial charge on any atom is -0.497 e. The van der Waals surface area contributed by atoms with Crippen molar-refractivity contribution in [3.05, 3.63) is 88.7 Å². The van der Waals surface area contributed by atoms with Crippen LogP contribution in [0.25, 0.3) is 0 Å². The molecule has 0 aliphatic carbocycles. The summed E-state index contributed by atoms with van der Waals surface area (Å²) in [5, 5.41) is 5.68. The van der Waals surface area contributed by atoms with E-state index in [9.17, 15) is 9.59 Å². The number of carbonyl (C=O) groups excluding carboxylic acids is 2. The van der Waals surface area contributed by atoms with E-state index in [-0.39, 0.29) is 11.8 Å². The summed E-state index contributed by atoms with van der Waals surface area (Å²) in [4.78, 5) is 29.1. The number of aryl methyl sites for hydroxylation is 2. The number of amides is 2. The molecule has 0 radical (unpaired) electrons. The molecule has 0 bridgehead atoms. The van der Waals surface area contributed by atoms with Crippen molar-refractivity contribution < 1.29 is 14.3 Å². The highest BCUT2D eigenvalue weighted by Crippen LogP contribution is 2.15. The van der Waals surface area contributed by atoms with Gasteiger partial charge >= 0.3 is 0 Å². The molecule has 0 aliphatic rings. The number of anilines is 1. The first-order valence-electron chi connectivity index (χ1n) is 9.20. The van der Waals surface area contributed by atoms with Gasteiger partial charge in [-0.05, 0) is 60.9 Å². The molecule has 2 amide bonds. The normalized spacial score (nSPS) is 10.3. The van der Waals surface area contributed by atoms with Crippen molar-refractivity contribution in [2.24, 2.45) is 0 Å². The first-order chi connectivity index (χ1) is 13.9. The van der Waals surface area contributed by atoms with Crippen LogP contribution in [0.3, 0.4) is 0 Å². The number of carbonyl (C=O) groups is 2. The number of pyridine rings is 1. The van der Waals surface area contributed by atoms with Crippen molar-refractivity contribution in [2.45, 2.75) is 20.4 Å². The maximum absolute atomic E-state index is 12.6. The quantitative estimate of drug-likeness (QED) is 0.670. The topological polar surface area (TPSA) is 80.3 Å². The molecule has 0 aliphatic heterocycles. The molecular weight excluding hydrogens is 366 g/mol. The Balaban J connectivity index is 1.65. The molecule has 0 spiro atoms. The highest BCUT2D eigenvalue weighted by atomic mass is 16.5. The fourth-order valence-corrected chi connectivity index (χ4v) is 2.97. The van der Waals surface area contributed by atoms with Crippen LogP contribution in [-0.2, 0) is 6.54 Å². The minimum atomic E-state index is -0.313. The molecule has 0 unspecified atom stereocenters. The van der Waals surface area contributed by atoms with Crippen LogP contribution in [0.15, 0.2) is 60.9 Å². The van der Waals surface area contributed by atoms with Gasteiger partial charge in [0.15, 0.2) is 0 Å². The van der Waals surface area contributed by atoms with Crippen LogP contribution < -0.4 is 15.4 Å². The number of hydrogen-bond acceptors (Lipinski definition) is 4. The molecule has 2 aromatic carbocycles. The van der Waals surface area contributed by atoms with Crippen LogP contribution in [0.5, 0.6) is 5.75 Å². The van der Waals surface area contributed by atoms with Crippen molar-refractivity contribution in [1.29, 1.82) is 0 Å². The van der Waals surface area contributed by atoms with Gasteiger partial charge in [-0.25, -0.2) is 0 Å². The molecule has 2 N–H and O–H groups in total. The fourth-order valence-electron chi connectivity index (χ4n) is 2.97. The molecule has 1 aromatic heterocycles. The van der Waals surface area contributed by atoms with E-state index in [0.717, 1.165) is 22.4 Å². The number of benzene rings is 2. The molecule has 6 heteroatoms. The molecule has 3 rings (SSSR count). The van der Waals surface area contributed by atoms with Gasteiger partial charge in [-0.1, -0.05) is 18.2 Å². The zero-order valence-electron chi connectivity index (χ0n) is 16.7. The van der Waals surface area contributed by atoms with E-state index in [4.69, 9.17) is 4.74 Å². The second-order valence-electron chi connectivity index (χ2n) is 6.82. The van der Waals surface area contributed by atoms with Crippen molar-refractivity contribution in [3.63, 3.8) is 0 Å². The Labute approximate surface area is 169 Å². The molecule has 0 saturated heterocycles. The number of nitrogens with one attached hydrogen (secondary N) is 2. The molecule has 0 saturated carbocycles. The Morgan fingerprint density at radius 3 is 2.14 bits per heavy atom. The summed E-state index contributed by atoms with van der Waals surface area (Å²) >= 11 is 0. The number of aromatic nitrogens is 1. The largest absolute Gasteiger partial charge is 0.497 e. The summed E-state index contributed by atoms with van der Waals surface area (Å²) in [6.45, 7) is 4.30. The highest BCUT2D eigenvalue weighted by Gasteiger charge is 2.12. The third-order valence-electron chi connectivity index (χ3n) is 4.35. The van der Waals surface area contributed by atoms with Gasteiger partial charge in [0.2, 0.25) is 0 Å². The van der Waals surface area contributed by atoms with Gasteiger partial charge in [0.25, 0.3) is 11.8 Å². The summed E-state index contributed by atoms with van der Waals surface area (Å²) in [7, 11) is 1.60. The Kier molecular flexibility index (Phi) is 6.24. The van der Waals surface area contributed by atoms with Gasteiger partial charge in [-0.3, -0.25) is 14.6 Å². The maximum Gasteiger partial charge on any atom is 0.257 e. The average molecular weight is 389 g/mol. The number of rotatable bonds is 6. The predicted octanol–water partition coefficient (Wildman–Crippen LogP) is 3.89. The Morgan fingerprint density at radius 1 is 0.897 bits per heavy atom. The van der Waals surface area contributed by atoms with E-state index in [1.807, 2.05) is 56.3 Å². The number of ether oxygens (including phenoxy) is 1. The SMILES string of the molecule is COc1ccc(CNC(=O)c2cncc(C(=O)Nc3cc(C)cc(C)c3)c2)cc1. The third kappa shape index (κ3) is 5.42. The Morgan fingerprint density at radius 2 is 1.52 bits per heavy atom. The lowest BCUT2D eigenvalue weighted by atomic mass is 10.1. The van der Waals surface area contributed by atoms with Crippen molar-refractivity contribution >= 4 is 17.5 Å². The maximum atomic E-state index is 12.6. The average Bonchev–Trinajstić information content (AvgIpc) is 2.71. The van der Waals surface area contributed by atoms with Crippen LogP contribution in [-0.4, -0.2) is 23.9 Å². The predicted molar refractivity (Wildman–Crippen MR) is 112 cm³/mol. The van der Waals surface area contributed by atoms with Gasteiger partial charge < -0.3 is 15.4 Å². The Hall–Kier alpha value is -3.67. The lowest BCUT2D eigenvalue weighted by Gasteiger charge is -2.09. The van der Waals surface area contributed by atoms with Gasteiger partial charge in [0.1, 0.15) is 5.75 Å². The second-order valence-corrected chi connectivity index (χ2v) is 6.82. The smallest absolute Gasteiger partial charge is 0.257 e.